The number of nitrogens with one attached hydrogen (secondary N) is 1. The van der Waals surface area contributed by atoms with E-state index in [1.807, 2.05) is 5.43 Å². The van der Waals surface area contributed by atoms with Crippen LogP contribution in [0.15, 0.2) is 40.9 Å². The van der Waals surface area contributed by atoms with Crippen LogP contribution in [0.4, 0.5) is 4.39 Å². The molecule has 2 aromatic carbocycles. The summed E-state index contributed by atoms with van der Waals surface area (Å²) in [4.78, 5) is 11.4. The molecule has 0 saturated carbocycles. The van der Waals surface area contributed by atoms with Crippen LogP contribution < -0.4 is 16.0 Å². The molecule has 0 saturated heterocycles. The maximum absolute atomic E-state index is 13.7. The van der Waals surface area contributed by atoms with Crippen LogP contribution in [-0.4, -0.2) is 5.91 Å². The Labute approximate surface area is 134 Å². The number of hydrazine groups is 1. The number of nitrogens with two attached hydrogens (primary N) is 1. The van der Waals surface area contributed by atoms with Gasteiger partial charge in [-0.05, 0) is 24.3 Å². The normalized spacial score (nSPS) is 10.3. The van der Waals surface area contributed by atoms with Crippen LogP contribution in [0.5, 0.6) is 5.75 Å². The maximum Gasteiger partial charge on any atom is 0.265 e. The van der Waals surface area contributed by atoms with Crippen molar-refractivity contribution in [3.63, 3.8) is 0 Å². The molecule has 3 N–H and O–H groups in total. The highest BCUT2D eigenvalue weighted by molar-refractivity contribution is 9.10. The lowest BCUT2D eigenvalue weighted by molar-refractivity contribution is 0.0953. The van der Waals surface area contributed by atoms with Crippen molar-refractivity contribution < 1.29 is 13.9 Å². The van der Waals surface area contributed by atoms with Crippen LogP contribution >= 0.6 is 27.5 Å². The molecule has 0 atom stereocenters. The fraction of sp³-hybridized carbons (Fsp3) is 0.0714. The van der Waals surface area contributed by atoms with E-state index in [2.05, 4.69) is 15.9 Å². The number of carbonyl (C=O) groups excluding carboxylic acids is 1. The minimum Gasteiger partial charge on any atom is -0.486 e. The Hall–Kier alpha value is -1.63. The smallest absolute Gasteiger partial charge is 0.265 e. The summed E-state index contributed by atoms with van der Waals surface area (Å²) in [6.45, 7) is 0.127. The average Bonchev–Trinajstić information content (AvgIpc) is 2.49. The van der Waals surface area contributed by atoms with Gasteiger partial charge >= 0.3 is 0 Å². The fourth-order valence-corrected chi connectivity index (χ4v) is 2.30. The van der Waals surface area contributed by atoms with E-state index in [0.717, 1.165) is 5.56 Å². The van der Waals surface area contributed by atoms with E-state index in [0.29, 0.717) is 10.0 Å². The molecule has 0 spiro atoms. The molecule has 0 unspecified atom stereocenters. The van der Waals surface area contributed by atoms with Crippen molar-refractivity contribution in [3.05, 3.63) is 62.8 Å². The lowest BCUT2D eigenvalue weighted by Gasteiger charge is -2.10. The molecule has 1 amide bonds. The van der Waals surface area contributed by atoms with E-state index in [-0.39, 0.29) is 17.4 Å². The first kappa shape index (κ1) is 15.8. The summed E-state index contributed by atoms with van der Waals surface area (Å²) in [5, 5.41) is 0.00142. The zero-order valence-electron chi connectivity index (χ0n) is 10.7. The second-order valence-corrected chi connectivity index (χ2v) is 5.38. The largest absolute Gasteiger partial charge is 0.486 e. The zero-order chi connectivity index (χ0) is 15.4. The monoisotopic (exact) mass is 372 g/mol. The van der Waals surface area contributed by atoms with Gasteiger partial charge in [-0.15, -0.1) is 0 Å². The van der Waals surface area contributed by atoms with Gasteiger partial charge in [0.05, 0.1) is 5.02 Å². The van der Waals surface area contributed by atoms with E-state index in [1.54, 1.807) is 24.3 Å². The minimum absolute atomic E-state index is 0.00142. The van der Waals surface area contributed by atoms with Gasteiger partial charge in [0, 0.05) is 15.6 Å². The average molecular weight is 374 g/mol. The van der Waals surface area contributed by atoms with Gasteiger partial charge in [-0.3, -0.25) is 10.2 Å². The van der Waals surface area contributed by atoms with Gasteiger partial charge in [0.25, 0.3) is 5.91 Å². The van der Waals surface area contributed by atoms with Crippen molar-refractivity contribution >= 4 is 33.4 Å². The highest BCUT2D eigenvalue weighted by atomic mass is 79.9. The van der Waals surface area contributed by atoms with Crippen LogP contribution in [0.3, 0.4) is 0 Å². The molecule has 0 radical (unpaired) electrons. The molecule has 0 aliphatic rings. The molecule has 2 aromatic rings. The summed E-state index contributed by atoms with van der Waals surface area (Å²) < 4.78 is 19.7. The lowest BCUT2D eigenvalue weighted by Crippen LogP contribution is -2.29. The second kappa shape index (κ2) is 6.89. The Bertz CT molecular complexity index is 682. The molecule has 4 nitrogen and oxygen atoms in total. The molecule has 0 aromatic heterocycles. The molecular weight excluding hydrogens is 363 g/mol. The highest BCUT2D eigenvalue weighted by Crippen LogP contribution is 2.26. The minimum atomic E-state index is -0.602. The molecule has 0 aliphatic heterocycles. The zero-order valence-corrected chi connectivity index (χ0v) is 13.0. The van der Waals surface area contributed by atoms with Gasteiger partial charge in [0.15, 0.2) is 11.6 Å². The predicted octanol–water partition coefficient (Wildman–Crippen LogP) is 3.42. The van der Waals surface area contributed by atoms with Crippen molar-refractivity contribution in [2.75, 3.05) is 0 Å². The number of nitrogen functional groups attached to an aromatic ring is 1. The van der Waals surface area contributed by atoms with E-state index >= 15 is 0 Å². The van der Waals surface area contributed by atoms with Crippen molar-refractivity contribution in [2.24, 2.45) is 5.84 Å². The Morgan fingerprint density at radius 2 is 2.14 bits per heavy atom. The lowest BCUT2D eigenvalue weighted by atomic mass is 10.1. The SMILES string of the molecule is NNC(=O)c1ccc(COc2cccc(Cl)c2F)c(Br)c1. The Kier molecular flexibility index (Phi) is 5.17. The number of hydrogen-bond donors (Lipinski definition) is 2. The third-order valence-electron chi connectivity index (χ3n) is 2.75. The first-order valence-electron chi connectivity index (χ1n) is 5.89. The fourth-order valence-electron chi connectivity index (χ4n) is 1.64. The van der Waals surface area contributed by atoms with Crippen LogP contribution in [-0.2, 0) is 6.61 Å². The van der Waals surface area contributed by atoms with Gasteiger partial charge in [-0.25, -0.2) is 10.2 Å². The Morgan fingerprint density at radius 3 is 2.81 bits per heavy atom. The third-order valence-corrected chi connectivity index (χ3v) is 3.78. The van der Waals surface area contributed by atoms with Crippen molar-refractivity contribution in [3.8, 4) is 5.75 Å². The third kappa shape index (κ3) is 3.72. The summed E-state index contributed by atoms with van der Waals surface area (Å²) in [5.41, 5.74) is 3.20. The van der Waals surface area contributed by atoms with E-state index < -0.39 is 11.7 Å². The molecular formula is C14H11BrClFN2O2. The van der Waals surface area contributed by atoms with E-state index in [9.17, 15) is 9.18 Å². The van der Waals surface area contributed by atoms with Crippen molar-refractivity contribution in [1.29, 1.82) is 0 Å². The second-order valence-electron chi connectivity index (χ2n) is 4.12. The van der Waals surface area contributed by atoms with Crippen LogP contribution in [0.1, 0.15) is 15.9 Å². The number of amides is 1. The molecule has 2 rings (SSSR count). The number of hydrogen-bond acceptors (Lipinski definition) is 3. The van der Waals surface area contributed by atoms with E-state index in [4.69, 9.17) is 22.2 Å². The van der Waals surface area contributed by atoms with Crippen molar-refractivity contribution in [1.82, 2.24) is 5.43 Å². The molecule has 0 aliphatic carbocycles. The molecule has 7 heteroatoms. The van der Waals surface area contributed by atoms with Gasteiger partial charge in [0.2, 0.25) is 0 Å². The Balaban J connectivity index is 2.13. The van der Waals surface area contributed by atoms with Crippen molar-refractivity contribution in [2.45, 2.75) is 6.61 Å². The standard InChI is InChI=1S/C14H11BrClFN2O2/c15-10-6-8(14(20)19-18)4-5-9(10)7-21-12-3-1-2-11(16)13(12)17/h1-6H,7,18H2,(H,19,20). The maximum atomic E-state index is 13.7. The van der Waals surface area contributed by atoms with E-state index in [1.165, 1.54) is 12.1 Å². The molecule has 0 bridgehead atoms. The predicted molar refractivity (Wildman–Crippen MR) is 81.5 cm³/mol. The van der Waals surface area contributed by atoms with Crippen LogP contribution in [0.2, 0.25) is 5.02 Å². The quantitative estimate of drug-likeness (QED) is 0.490. The first-order chi connectivity index (χ1) is 10.0. The summed E-state index contributed by atoms with van der Waals surface area (Å²) >= 11 is 9.01. The topological polar surface area (TPSA) is 64.3 Å². The number of halogens is 3. The van der Waals surface area contributed by atoms with Crippen LogP contribution in [0.25, 0.3) is 0 Å². The number of carbonyl (C=O) groups is 1. The van der Waals surface area contributed by atoms with Gasteiger partial charge in [-0.2, -0.15) is 0 Å². The molecule has 110 valence electrons. The van der Waals surface area contributed by atoms with Gasteiger partial charge in [0.1, 0.15) is 6.61 Å². The number of benzene rings is 2. The van der Waals surface area contributed by atoms with Gasteiger partial charge in [-0.1, -0.05) is 39.7 Å². The highest BCUT2D eigenvalue weighted by Gasteiger charge is 2.10. The number of rotatable bonds is 4. The molecule has 0 fully saturated rings. The molecule has 0 heterocycles. The summed E-state index contributed by atoms with van der Waals surface area (Å²) in [6.07, 6.45) is 0. The molecule has 21 heavy (non-hydrogen) atoms. The summed E-state index contributed by atoms with van der Waals surface area (Å²) in [6, 6.07) is 9.43. The summed E-state index contributed by atoms with van der Waals surface area (Å²) in [7, 11) is 0. The summed E-state index contributed by atoms with van der Waals surface area (Å²) in [5.74, 6) is 4.13. The van der Waals surface area contributed by atoms with Gasteiger partial charge < -0.3 is 4.74 Å². The first-order valence-corrected chi connectivity index (χ1v) is 7.06. The van der Waals surface area contributed by atoms with Crippen LogP contribution in [0, 0.1) is 5.82 Å². The Morgan fingerprint density at radius 1 is 1.38 bits per heavy atom. The number of ether oxygens (including phenoxy) is 1.